The second-order valence-electron chi connectivity index (χ2n) is 4.79. The maximum atomic E-state index is 13.2. The number of benzene rings is 1. The molecule has 1 heterocycles. The Bertz CT molecular complexity index is 379. The lowest BCUT2D eigenvalue weighted by molar-refractivity contribution is 0.189. The van der Waals surface area contributed by atoms with Gasteiger partial charge in [-0.2, -0.15) is 0 Å². The molecule has 2 rings (SSSR count). The zero-order valence-corrected chi connectivity index (χ0v) is 12.1. The van der Waals surface area contributed by atoms with Crippen LogP contribution < -0.4 is 0 Å². The molecule has 2 unspecified atom stereocenters. The van der Waals surface area contributed by atoms with Gasteiger partial charge in [-0.1, -0.05) is 22.9 Å². The zero-order chi connectivity index (χ0) is 12.4. The van der Waals surface area contributed by atoms with Gasteiger partial charge in [0, 0.05) is 22.9 Å². The molecule has 0 spiro atoms. The molecule has 1 fully saturated rings. The average Bonchev–Trinajstić information content (AvgIpc) is 2.22. The number of likely N-dealkylation sites (tertiary alicyclic amines) is 1. The summed E-state index contributed by atoms with van der Waals surface area (Å²) in [6.45, 7) is 4.88. The van der Waals surface area contributed by atoms with Crippen LogP contribution in [-0.2, 0) is 6.54 Å². The van der Waals surface area contributed by atoms with Gasteiger partial charge in [0.1, 0.15) is 5.82 Å². The van der Waals surface area contributed by atoms with Gasteiger partial charge in [-0.15, -0.1) is 11.6 Å². The van der Waals surface area contributed by atoms with Gasteiger partial charge in [-0.25, -0.2) is 4.39 Å². The Kier molecular flexibility index (Phi) is 4.45. The molecular weight excluding hydrogens is 305 g/mol. The molecule has 1 nitrogen and oxygen atoms in total. The van der Waals surface area contributed by atoms with E-state index in [1.54, 1.807) is 6.07 Å². The Morgan fingerprint density at radius 1 is 1.47 bits per heavy atom. The monoisotopic (exact) mass is 319 g/mol. The standard InChI is InChI=1S/C13H16BrClFN/c1-9-2-3-17(8-13(9)15)7-10-4-11(14)6-12(16)5-10/h4-6,9,13H,2-3,7-8H2,1H3. The maximum absolute atomic E-state index is 13.2. The molecule has 0 aromatic heterocycles. The molecule has 0 bridgehead atoms. The highest BCUT2D eigenvalue weighted by Crippen LogP contribution is 2.24. The van der Waals surface area contributed by atoms with Gasteiger partial charge in [0.15, 0.2) is 0 Å². The predicted octanol–water partition coefficient (Wildman–Crippen LogP) is 4.04. The van der Waals surface area contributed by atoms with Crippen LogP contribution >= 0.6 is 27.5 Å². The van der Waals surface area contributed by atoms with E-state index in [-0.39, 0.29) is 11.2 Å². The summed E-state index contributed by atoms with van der Waals surface area (Å²) in [5, 5.41) is 0.209. The van der Waals surface area contributed by atoms with Crippen molar-refractivity contribution in [3.05, 3.63) is 34.1 Å². The minimum atomic E-state index is -0.192. The molecule has 0 aliphatic carbocycles. The van der Waals surface area contributed by atoms with Crippen molar-refractivity contribution in [1.29, 1.82) is 0 Å². The van der Waals surface area contributed by atoms with Crippen LogP contribution in [0.2, 0.25) is 0 Å². The molecule has 0 radical (unpaired) electrons. The van der Waals surface area contributed by atoms with Crippen LogP contribution in [0.4, 0.5) is 4.39 Å². The van der Waals surface area contributed by atoms with E-state index in [1.807, 2.05) is 6.07 Å². The van der Waals surface area contributed by atoms with Gasteiger partial charge in [0.25, 0.3) is 0 Å². The predicted molar refractivity (Wildman–Crippen MR) is 72.8 cm³/mol. The Morgan fingerprint density at radius 2 is 2.24 bits per heavy atom. The number of rotatable bonds is 2. The molecule has 0 amide bonds. The Morgan fingerprint density at radius 3 is 2.88 bits per heavy atom. The lowest BCUT2D eigenvalue weighted by Crippen LogP contribution is -2.39. The highest BCUT2D eigenvalue weighted by atomic mass is 79.9. The Labute approximate surface area is 115 Å². The van der Waals surface area contributed by atoms with Crippen LogP contribution in [0.25, 0.3) is 0 Å². The van der Waals surface area contributed by atoms with Crippen LogP contribution in [0.15, 0.2) is 22.7 Å². The third-order valence-electron chi connectivity index (χ3n) is 3.28. The number of alkyl halides is 1. The molecular formula is C13H16BrClFN. The number of hydrogen-bond donors (Lipinski definition) is 0. The Hall–Kier alpha value is -0.120. The number of hydrogen-bond acceptors (Lipinski definition) is 1. The van der Waals surface area contributed by atoms with Gasteiger partial charge in [0.05, 0.1) is 0 Å². The van der Waals surface area contributed by atoms with Gasteiger partial charge >= 0.3 is 0 Å². The minimum absolute atomic E-state index is 0.192. The van der Waals surface area contributed by atoms with Gasteiger partial charge in [-0.05, 0) is 42.6 Å². The van der Waals surface area contributed by atoms with E-state index in [9.17, 15) is 4.39 Å². The van der Waals surface area contributed by atoms with E-state index in [0.29, 0.717) is 5.92 Å². The molecule has 1 aliphatic heterocycles. The van der Waals surface area contributed by atoms with E-state index in [2.05, 4.69) is 27.8 Å². The Balaban J connectivity index is 2.01. The smallest absolute Gasteiger partial charge is 0.124 e. The molecule has 1 aliphatic rings. The number of nitrogens with zero attached hydrogens (tertiary/aromatic N) is 1. The molecule has 0 N–H and O–H groups in total. The van der Waals surface area contributed by atoms with Crippen molar-refractivity contribution in [2.45, 2.75) is 25.3 Å². The van der Waals surface area contributed by atoms with E-state index in [4.69, 9.17) is 11.6 Å². The molecule has 17 heavy (non-hydrogen) atoms. The summed E-state index contributed by atoms with van der Waals surface area (Å²) in [6, 6.07) is 5.03. The molecule has 1 aromatic rings. The van der Waals surface area contributed by atoms with Crippen molar-refractivity contribution in [3.8, 4) is 0 Å². The van der Waals surface area contributed by atoms with Crippen molar-refractivity contribution in [2.24, 2.45) is 5.92 Å². The normalized spacial score (nSPS) is 26.1. The van der Waals surface area contributed by atoms with Crippen LogP contribution in [-0.4, -0.2) is 23.4 Å². The fourth-order valence-electron chi connectivity index (χ4n) is 2.19. The van der Waals surface area contributed by atoms with Crippen molar-refractivity contribution in [2.75, 3.05) is 13.1 Å². The van der Waals surface area contributed by atoms with Gasteiger partial charge < -0.3 is 0 Å². The van der Waals surface area contributed by atoms with Crippen LogP contribution in [0, 0.1) is 11.7 Å². The van der Waals surface area contributed by atoms with E-state index < -0.39 is 0 Å². The summed E-state index contributed by atoms with van der Waals surface area (Å²) in [4.78, 5) is 2.29. The quantitative estimate of drug-likeness (QED) is 0.744. The fourth-order valence-corrected chi connectivity index (χ4v) is 3.02. The summed E-state index contributed by atoms with van der Waals surface area (Å²) in [6.07, 6.45) is 1.12. The third kappa shape index (κ3) is 3.67. The largest absolute Gasteiger partial charge is 0.298 e. The first-order valence-corrected chi connectivity index (χ1v) is 7.09. The minimum Gasteiger partial charge on any atom is -0.298 e. The van der Waals surface area contributed by atoms with E-state index >= 15 is 0 Å². The molecule has 94 valence electrons. The summed E-state index contributed by atoms with van der Waals surface area (Å²) in [5.41, 5.74) is 0.996. The van der Waals surface area contributed by atoms with Crippen molar-refractivity contribution >= 4 is 27.5 Å². The second-order valence-corrected chi connectivity index (χ2v) is 6.27. The third-order valence-corrected chi connectivity index (χ3v) is 4.31. The van der Waals surface area contributed by atoms with Crippen LogP contribution in [0.5, 0.6) is 0 Å². The zero-order valence-electron chi connectivity index (χ0n) is 9.80. The average molecular weight is 321 g/mol. The first kappa shape index (κ1) is 13.3. The topological polar surface area (TPSA) is 3.24 Å². The lowest BCUT2D eigenvalue weighted by atomic mass is 9.98. The van der Waals surface area contributed by atoms with E-state index in [0.717, 1.165) is 36.1 Å². The summed E-state index contributed by atoms with van der Waals surface area (Å²) in [5.74, 6) is 0.384. The molecule has 4 heteroatoms. The summed E-state index contributed by atoms with van der Waals surface area (Å²) >= 11 is 9.58. The fraction of sp³-hybridized carbons (Fsp3) is 0.538. The molecule has 2 atom stereocenters. The first-order valence-electron chi connectivity index (χ1n) is 5.86. The van der Waals surface area contributed by atoms with Crippen molar-refractivity contribution < 1.29 is 4.39 Å². The summed E-state index contributed by atoms with van der Waals surface area (Å²) < 4.78 is 14.0. The van der Waals surface area contributed by atoms with E-state index in [1.165, 1.54) is 6.07 Å². The SMILES string of the molecule is CC1CCN(Cc2cc(F)cc(Br)c2)CC1Cl. The van der Waals surface area contributed by atoms with Gasteiger partial charge in [-0.3, -0.25) is 4.90 Å². The number of piperidine rings is 1. The van der Waals surface area contributed by atoms with Gasteiger partial charge in [0.2, 0.25) is 0 Å². The highest BCUT2D eigenvalue weighted by Gasteiger charge is 2.24. The maximum Gasteiger partial charge on any atom is 0.124 e. The lowest BCUT2D eigenvalue weighted by Gasteiger charge is -2.33. The summed E-state index contributed by atoms with van der Waals surface area (Å²) in [7, 11) is 0. The van der Waals surface area contributed by atoms with Crippen molar-refractivity contribution in [3.63, 3.8) is 0 Å². The van der Waals surface area contributed by atoms with Crippen LogP contribution in [0.3, 0.4) is 0 Å². The molecule has 1 aromatic carbocycles. The molecule has 1 saturated heterocycles. The molecule has 0 saturated carbocycles. The highest BCUT2D eigenvalue weighted by molar-refractivity contribution is 9.10. The van der Waals surface area contributed by atoms with Crippen molar-refractivity contribution in [1.82, 2.24) is 4.90 Å². The number of halogens is 3. The second kappa shape index (κ2) is 5.68. The first-order chi connectivity index (χ1) is 8.04. The van der Waals surface area contributed by atoms with Crippen LogP contribution in [0.1, 0.15) is 18.9 Å².